The lowest BCUT2D eigenvalue weighted by atomic mass is 9.93. The van der Waals surface area contributed by atoms with Crippen LogP contribution in [-0.4, -0.2) is 60.4 Å². The molecule has 2 aromatic carbocycles. The van der Waals surface area contributed by atoms with Gasteiger partial charge in [0.15, 0.2) is 22.4 Å². The minimum atomic E-state index is -4.75. The summed E-state index contributed by atoms with van der Waals surface area (Å²) in [4.78, 5) is 15.9. The molecule has 1 atom stereocenters. The van der Waals surface area contributed by atoms with Gasteiger partial charge in [-0.1, -0.05) is 24.3 Å². The van der Waals surface area contributed by atoms with E-state index in [1.54, 1.807) is 18.3 Å². The van der Waals surface area contributed by atoms with E-state index in [9.17, 15) is 23.4 Å². The van der Waals surface area contributed by atoms with Crippen molar-refractivity contribution in [1.29, 1.82) is 5.41 Å². The van der Waals surface area contributed by atoms with Crippen LogP contribution in [0.1, 0.15) is 28.7 Å². The number of aliphatic hydroxyl groups excluding tert-OH is 2. The minimum Gasteiger partial charge on any atom is -0.435 e. The van der Waals surface area contributed by atoms with E-state index in [1.165, 1.54) is 0 Å². The highest BCUT2D eigenvalue weighted by molar-refractivity contribution is 5.91. The zero-order valence-corrected chi connectivity index (χ0v) is 26.8. The lowest BCUT2D eigenvalue weighted by Gasteiger charge is -2.17. The van der Waals surface area contributed by atoms with Gasteiger partial charge in [-0.15, -0.1) is 0 Å². The maximum Gasteiger partial charge on any atom is 0.421 e. The van der Waals surface area contributed by atoms with Gasteiger partial charge in [0, 0.05) is 61.4 Å². The predicted octanol–water partition coefficient (Wildman–Crippen LogP) is 6.32. The number of benzene rings is 2. The van der Waals surface area contributed by atoms with E-state index in [-0.39, 0.29) is 29.5 Å². The Morgan fingerprint density at radius 3 is 2.51 bits per heavy atom. The normalized spacial score (nSPS) is 15.4. The van der Waals surface area contributed by atoms with Crippen molar-refractivity contribution >= 4 is 33.5 Å². The molecule has 0 bridgehead atoms. The van der Waals surface area contributed by atoms with E-state index in [0.717, 1.165) is 68.1 Å². The summed E-state index contributed by atoms with van der Waals surface area (Å²) in [6, 6.07) is 15.3. The number of nitrogens with zero attached hydrogens (tertiary/aromatic N) is 5. The van der Waals surface area contributed by atoms with Crippen molar-refractivity contribution in [3.8, 4) is 22.6 Å². The van der Waals surface area contributed by atoms with Crippen molar-refractivity contribution < 1.29 is 27.8 Å². The molecule has 7 rings (SSSR count). The molecule has 0 aliphatic carbocycles. The molecule has 1 saturated heterocycles. The number of likely N-dealkylation sites (tertiary alicyclic amines) is 1. The van der Waals surface area contributed by atoms with Gasteiger partial charge in [-0.2, -0.15) is 13.2 Å². The maximum absolute atomic E-state index is 14.0. The summed E-state index contributed by atoms with van der Waals surface area (Å²) >= 11 is 0. The van der Waals surface area contributed by atoms with Gasteiger partial charge in [0.25, 0.3) is 0 Å². The van der Waals surface area contributed by atoms with Crippen LogP contribution >= 0.6 is 0 Å². The molecule has 0 spiro atoms. The molecule has 0 amide bonds. The van der Waals surface area contributed by atoms with Crippen LogP contribution in [0.15, 0.2) is 71.5 Å². The Bertz CT molecular complexity index is 2260. The lowest BCUT2D eigenvalue weighted by molar-refractivity contribution is -0.137. The van der Waals surface area contributed by atoms with Crippen LogP contribution < -0.4 is 10.8 Å². The average molecular weight is 670 g/mol. The van der Waals surface area contributed by atoms with Crippen LogP contribution in [0.25, 0.3) is 44.6 Å². The van der Waals surface area contributed by atoms with E-state index in [0.29, 0.717) is 24.5 Å². The van der Waals surface area contributed by atoms with Gasteiger partial charge in [0.1, 0.15) is 11.1 Å². The highest BCUT2D eigenvalue weighted by Gasteiger charge is 2.36. The monoisotopic (exact) mass is 669 g/mol. The Hall–Kier alpha value is -5.11. The molecule has 0 radical (unpaired) electrons. The second kappa shape index (κ2) is 12.7. The third kappa shape index (κ3) is 6.16. The molecule has 49 heavy (non-hydrogen) atoms. The van der Waals surface area contributed by atoms with E-state index >= 15 is 0 Å². The van der Waals surface area contributed by atoms with Gasteiger partial charge in [-0.25, -0.2) is 9.97 Å². The number of pyridine rings is 3. The van der Waals surface area contributed by atoms with E-state index in [1.807, 2.05) is 50.4 Å². The van der Waals surface area contributed by atoms with Gasteiger partial charge in [0.05, 0.1) is 12.7 Å². The Balaban J connectivity index is 1.23. The van der Waals surface area contributed by atoms with E-state index in [4.69, 9.17) is 14.8 Å². The number of anilines is 2. The largest absolute Gasteiger partial charge is 0.435 e. The van der Waals surface area contributed by atoms with Crippen LogP contribution in [0, 0.1) is 19.3 Å². The molecule has 1 aliphatic rings. The highest BCUT2D eigenvalue weighted by Crippen LogP contribution is 2.39. The summed E-state index contributed by atoms with van der Waals surface area (Å²) in [5, 5.41) is 32.1. The van der Waals surface area contributed by atoms with Crippen LogP contribution in [-0.2, 0) is 19.3 Å². The maximum atomic E-state index is 14.0. The number of oxazole rings is 1. The Morgan fingerprint density at radius 1 is 1.02 bits per heavy atom. The molecular weight excluding hydrogens is 635 g/mol. The molecule has 5 heterocycles. The first-order valence-electron chi connectivity index (χ1n) is 15.9. The standard InChI is InChI=1S/C36H34F3N7O3/c1-20-25(5-3-7-27(20)35-44-31-32(49-35)28(36(37,38)39)19-46(13-14-47)33(31)40)26-6-4-8-29(21(26)2)43-34-30-23(9-11-41-34)15-22(16-42-30)17-45-12-10-24(48)18-45/h3-9,11,15-16,19,24,40,47-48H,10,12-14,17-18H2,1-2H3,(H,41,43)/t24-/m1/s1. The molecule has 0 saturated carbocycles. The molecule has 10 nitrogen and oxygen atoms in total. The number of hydrogen-bond donors (Lipinski definition) is 4. The number of hydrogen-bond acceptors (Lipinski definition) is 9. The Kier molecular flexibility index (Phi) is 8.43. The molecule has 1 aliphatic heterocycles. The van der Waals surface area contributed by atoms with E-state index in [2.05, 4.69) is 26.3 Å². The quantitative estimate of drug-likeness (QED) is 0.148. The smallest absolute Gasteiger partial charge is 0.421 e. The van der Waals surface area contributed by atoms with Crippen molar-refractivity contribution in [2.75, 3.05) is 25.0 Å². The summed E-state index contributed by atoms with van der Waals surface area (Å²) in [5.41, 5.74) is 4.36. The Labute approximate surface area is 279 Å². The second-order valence-corrected chi connectivity index (χ2v) is 12.3. The van der Waals surface area contributed by atoms with Crippen molar-refractivity contribution in [2.45, 2.75) is 45.6 Å². The van der Waals surface area contributed by atoms with Crippen molar-refractivity contribution in [3.05, 3.63) is 94.9 Å². The van der Waals surface area contributed by atoms with Crippen LogP contribution in [0.4, 0.5) is 24.7 Å². The molecule has 13 heteroatoms. The number of halogens is 3. The summed E-state index contributed by atoms with van der Waals surface area (Å²) in [7, 11) is 0. The van der Waals surface area contributed by atoms with Crippen LogP contribution in [0.2, 0.25) is 0 Å². The topological polar surface area (TPSA) is 136 Å². The third-order valence-corrected chi connectivity index (χ3v) is 9.07. The zero-order chi connectivity index (χ0) is 34.4. The van der Waals surface area contributed by atoms with Gasteiger partial charge in [-0.3, -0.25) is 15.3 Å². The molecule has 6 aromatic rings. The summed E-state index contributed by atoms with van der Waals surface area (Å²) in [6.45, 7) is 5.44. The second-order valence-electron chi connectivity index (χ2n) is 12.3. The average Bonchev–Trinajstić information content (AvgIpc) is 3.69. The highest BCUT2D eigenvalue weighted by atomic mass is 19.4. The predicted molar refractivity (Wildman–Crippen MR) is 179 cm³/mol. The lowest BCUT2D eigenvalue weighted by Crippen LogP contribution is -2.24. The zero-order valence-electron chi connectivity index (χ0n) is 26.8. The summed E-state index contributed by atoms with van der Waals surface area (Å²) < 4.78 is 48.8. The van der Waals surface area contributed by atoms with Gasteiger partial charge in [-0.05, 0) is 72.4 Å². The first kappa shape index (κ1) is 32.4. The molecular formula is C36H34F3N7O3. The molecule has 4 N–H and O–H groups in total. The molecule has 252 valence electrons. The van der Waals surface area contributed by atoms with E-state index < -0.39 is 23.9 Å². The van der Waals surface area contributed by atoms with Crippen molar-refractivity contribution in [2.24, 2.45) is 0 Å². The van der Waals surface area contributed by atoms with Crippen LogP contribution in [0.5, 0.6) is 0 Å². The number of β-amino-alcohol motifs (C(OH)–C–C–N with tert-alkyl or cyclic N) is 1. The first-order valence-corrected chi connectivity index (χ1v) is 15.9. The number of aliphatic hydroxyl groups is 2. The van der Waals surface area contributed by atoms with Gasteiger partial charge in [0.2, 0.25) is 5.89 Å². The minimum absolute atomic E-state index is 0.0339. The molecule has 4 aromatic heterocycles. The first-order chi connectivity index (χ1) is 23.5. The molecule has 0 unspecified atom stereocenters. The fourth-order valence-electron chi connectivity index (χ4n) is 6.53. The number of aromatic nitrogens is 4. The number of alkyl halides is 3. The molecule has 1 fully saturated rings. The van der Waals surface area contributed by atoms with Crippen molar-refractivity contribution in [1.82, 2.24) is 24.4 Å². The van der Waals surface area contributed by atoms with Gasteiger partial charge >= 0.3 is 6.18 Å². The third-order valence-electron chi connectivity index (χ3n) is 9.07. The number of fused-ring (bicyclic) bond motifs is 2. The van der Waals surface area contributed by atoms with Crippen molar-refractivity contribution in [3.63, 3.8) is 0 Å². The van der Waals surface area contributed by atoms with Crippen LogP contribution in [0.3, 0.4) is 0 Å². The SMILES string of the molecule is Cc1c(Nc2nccc3cc(CN4CC[C@@H](O)C4)cnc23)cccc1-c1cccc(-c2nc3c(=N)n(CCO)cc(C(F)(F)F)c3o2)c1C. The fourth-order valence-corrected chi connectivity index (χ4v) is 6.53. The van der Waals surface area contributed by atoms with Gasteiger partial charge < -0.3 is 24.5 Å². The Morgan fingerprint density at radius 2 is 1.78 bits per heavy atom. The number of rotatable bonds is 8. The number of nitrogens with one attached hydrogen (secondary N) is 2. The summed E-state index contributed by atoms with van der Waals surface area (Å²) in [6.07, 6.45) is 0.101. The summed E-state index contributed by atoms with van der Waals surface area (Å²) in [5.74, 6) is 0.566. The fraction of sp³-hybridized carbons (Fsp3) is 0.278.